The molecular weight excluding hydrogens is 242 g/mol. The van der Waals surface area contributed by atoms with E-state index < -0.39 is 0 Å². The van der Waals surface area contributed by atoms with Gasteiger partial charge in [0.25, 0.3) is 0 Å². The molecule has 0 fully saturated rings. The van der Waals surface area contributed by atoms with Crippen LogP contribution in [0, 0.1) is 6.92 Å². The molecular formula is C13H19N5O. The predicted octanol–water partition coefficient (Wildman–Crippen LogP) is 1.57. The summed E-state index contributed by atoms with van der Waals surface area (Å²) >= 11 is 0. The zero-order chi connectivity index (χ0) is 13.7. The molecule has 0 saturated carbocycles. The molecule has 0 aliphatic carbocycles. The Morgan fingerprint density at radius 2 is 2.21 bits per heavy atom. The van der Waals surface area contributed by atoms with Crippen LogP contribution in [-0.2, 0) is 13.5 Å². The number of nitrogens with zero attached hydrogens (tertiary/aromatic N) is 4. The Hall–Kier alpha value is -2.11. The van der Waals surface area contributed by atoms with Crippen LogP contribution in [-0.4, -0.2) is 32.9 Å². The van der Waals surface area contributed by atoms with Crippen LogP contribution in [0.25, 0.3) is 0 Å². The van der Waals surface area contributed by atoms with E-state index in [2.05, 4.69) is 20.4 Å². The largest absolute Gasteiger partial charge is 0.478 e. The summed E-state index contributed by atoms with van der Waals surface area (Å²) < 4.78 is 7.19. The van der Waals surface area contributed by atoms with Gasteiger partial charge in [-0.05, 0) is 25.8 Å². The van der Waals surface area contributed by atoms with E-state index in [1.54, 1.807) is 4.68 Å². The summed E-state index contributed by atoms with van der Waals surface area (Å²) in [5.74, 6) is 2.11. The first-order chi connectivity index (χ1) is 9.17. The maximum absolute atomic E-state index is 5.39. The molecule has 0 aliphatic rings. The van der Waals surface area contributed by atoms with Gasteiger partial charge in [-0.15, -0.1) is 0 Å². The summed E-state index contributed by atoms with van der Waals surface area (Å²) in [7, 11) is 1.92. The lowest BCUT2D eigenvalue weighted by atomic mass is 10.2. The zero-order valence-electron chi connectivity index (χ0n) is 11.6. The van der Waals surface area contributed by atoms with E-state index in [1.807, 2.05) is 39.4 Å². The summed E-state index contributed by atoms with van der Waals surface area (Å²) in [6, 6.07) is 1.82. The van der Waals surface area contributed by atoms with Gasteiger partial charge in [-0.25, -0.2) is 4.98 Å². The fourth-order valence-electron chi connectivity index (χ4n) is 1.79. The minimum Gasteiger partial charge on any atom is -0.478 e. The highest BCUT2D eigenvalue weighted by atomic mass is 16.5. The molecule has 102 valence electrons. The SMILES string of the molecule is CCOc1cc(NCCc2cnn(C)c2)nc(C)n1. The lowest BCUT2D eigenvalue weighted by Gasteiger charge is -2.08. The van der Waals surface area contributed by atoms with Gasteiger partial charge in [-0.2, -0.15) is 10.1 Å². The van der Waals surface area contributed by atoms with Crippen LogP contribution in [0.3, 0.4) is 0 Å². The summed E-state index contributed by atoms with van der Waals surface area (Å²) in [5, 5.41) is 7.41. The number of hydrogen-bond donors (Lipinski definition) is 1. The van der Waals surface area contributed by atoms with Gasteiger partial charge in [0.05, 0.1) is 12.8 Å². The number of anilines is 1. The van der Waals surface area contributed by atoms with Crippen molar-refractivity contribution >= 4 is 5.82 Å². The topological polar surface area (TPSA) is 64.9 Å². The average Bonchev–Trinajstić information content (AvgIpc) is 2.75. The molecule has 0 saturated heterocycles. The molecule has 2 rings (SSSR count). The molecule has 2 aromatic rings. The summed E-state index contributed by atoms with van der Waals surface area (Å²) in [6.07, 6.45) is 4.79. The maximum Gasteiger partial charge on any atom is 0.218 e. The van der Waals surface area contributed by atoms with Gasteiger partial charge in [0, 0.05) is 25.9 Å². The lowest BCUT2D eigenvalue weighted by molar-refractivity contribution is 0.325. The van der Waals surface area contributed by atoms with Crippen molar-refractivity contribution in [3.05, 3.63) is 29.8 Å². The van der Waals surface area contributed by atoms with Crippen LogP contribution < -0.4 is 10.1 Å². The number of ether oxygens (including phenoxy) is 1. The van der Waals surface area contributed by atoms with Crippen molar-refractivity contribution in [2.75, 3.05) is 18.5 Å². The Labute approximate surface area is 112 Å². The molecule has 0 bridgehead atoms. The van der Waals surface area contributed by atoms with Gasteiger partial charge in [-0.3, -0.25) is 4.68 Å². The molecule has 2 heterocycles. The number of nitrogens with one attached hydrogen (secondary N) is 1. The predicted molar refractivity (Wildman–Crippen MR) is 73.3 cm³/mol. The molecule has 0 spiro atoms. The van der Waals surface area contributed by atoms with E-state index in [9.17, 15) is 0 Å². The van der Waals surface area contributed by atoms with Crippen molar-refractivity contribution in [2.45, 2.75) is 20.3 Å². The van der Waals surface area contributed by atoms with E-state index in [0.717, 1.165) is 18.8 Å². The second-order valence-corrected chi connectivity index (χ2v) is 4.27. The smallest absolute Gasteiger partial charge is 0.218 e. The lowest BCUT2D eigenvalue weighted by Crippen LogP contribution is -2.08. The van der Waals surface area contributed by atoms with Crippen molar-refractivity contribution < 1.29 is 4.74 Å². The van der Waals surface area contributed by atoms with Crippen LogP contribution in [0.2, 0.25) is 0 Å². The molecule has 0 aromatic carbocycles. The first kappa shape index (κ1) is 13.3. The third-order valence-corrected chi connectivity index (χ3v) is 2.58. The van der Waals surface area contributed by atoms with Crippen LogP contribution in [0.15, 0.2) is 18.5 Å². The van der Waals surface area contributed by atoms with Gasteiger partial charge < -0.3 is 10.1 Å². The van der Waals surface area contributed by atoms with Crippen molar-refractivity contribution in [1.82, 2.24) is 19.7 Å². The molecule has 0 amide bonds. The highest BCUT2D eigenvalue weighted by Crippen LogP contribution is 2.13. The van der Waals surface area contributed by atoms with Crippen molar-refractivity contribution in [3.63, 3.8) is 0 Å². The summed E-state index contributed by atoms with van der Waals surface area (Å²) in [5.41, 5.74) is 1.20. The molecule has 0 aliphatic heterocycles. The Kier molecular flexibility index (Phi) is 4.33. The van der Waals surface area contributed by atoms with E-state index in [4.69, 9.17) is 4.74 Å². The van der Waals surface area contributed by atoms with Crippen molar-refractivity contribution in [2.24, 2.45) is 7.05 Å². The normalized spacial score (nSPS) is 10.5. The molecule has 6 nitrogen and oxygen atoms in total. The standard InChI is InChI=1S/C13H19N5O/c1-4-19-13-7-12(16-10(2)17-13)14-6-5-11-8-15-18(3)9-11/h7-9H,4-6H2,1-3H3,(H,14,16,17). The van der Waals surface area contributed by atoms with Gasteiger partial charge >= 0.3 is 0 Å². The molecule has 0 unspecified atom stereocenters. The van der Waals surface area contributed by atoms with Gasteiger partial charge in [-0.1, -0.05) is 0 Å². The van der Waals surface area contributed by atoms with Gasteiger partial charge in [0.15, 0.2) is 0 Å². The van der Waals surface area contributed by atoms with Crippen molar-refractivity contribution in [1.29, 1.82) is 0 Å². The maximum atomic E-state index is 5.39. The van der Waals surface area contributed by atoms with Crippen LogP contribution in [0.5, 0.6) is 5.88 Å². The monoisotopic (exact) mass is 261 g/mol. The molecule has 19 heavy (non-hydrogen) atoms. The Morgan fingerprint density at radius 1 is 1.37 bits per heavy atom. The molecule has 1 N–H and O–H groups in total. The molecule has 6 heteroatoms. The summed E-state index contributed by atoms with van der Waals surface area (Å²) in [4.78, 5) is 8.54. The van der Waals surface area contributed by atoms with Crippen LogP contribution in [0.1, 0.15) is 18.3 Å². The first-order valence-electron chi connectivity index (χ1n) is 6.37. The fourth-order valence-corrected chi connectivity index (χ4v) is 1.79. The number of hydrogen-bond acceptors (Lipinski definition) is 5. The average molecular weight is 261 g/mol. The summed E-state index contributed by atoms with van der Waals surface area (Å²) in [6.45, 7) is 5.20. The van der Waals surface area contributed by atoms with Gasteiger partial charge in [0.2, 0.25) is 5.88 Å². The van der Waals surface area contributed by atoms with E-state index in [0.29, 0.717) is 18.3 Å². The second kappa shape index (κ2) is 6.17. The molecule has 0 radical (unpaired) electrons. The van der Waals surface area contributed by atoms with Gasteiger partial charge in [0.1, 0.15) is 11.6 Å². The minimum atomic E-state index is 0.603. The van der Waals surface area contributed by atoms with E-state index in [-0.39, 0.29) is 0 Å². The highest BCUT2D eigenvalue weighted by Gasteiger charge is 2.02. The Balaban J connectivity index is 1.91. The fraction of sp³-hybridized carbons (Fsp3) is 0.462. The third kappa shape index (κ3) is 3.94. The number of rotatable bonds is 6. The highest BCUT2D eigenvalue weighted by molar-refractivity contribution is 5.38. The molecule has 2 aromatic heterocycles. The first-order valence-corrected chi connectivity index (χ1v) is 6.37. The quantitative estimate of drug-likeness (QED) is 0.855. The third-order valence-electron chi connectivity index (χ3n) is 2.58. The van der Waals surface area contributed by atoms with Crippen molar-refractivity contribution in [3.8, 4) is 5.88 Å². The molecule has 0 atom stereocenters. The number of aryl methyl sites for hydroxylation is 2. The Morgan fingerprint density at radius 3 is 2.89 bits per heavy atom. The van der Waals surface area contributed by atoms with Crippen LogP contribution >= 0.6 is 0 Å². The van der Waals surface area contributed by atoms with Crippen LogP contribution in [0.4, 0.5) is 5.82 Å². The zero-order valence-corrected chi connectivity index (χ0v) is 11.6. The minimum absolute atomic E-state index is 0.603. The number of aromatic nitrogens is 4. The van der Waals surface area contributed by atoms with E-state index in [1.165, 1.54) is 5.56 Å². The second-order valence-electron chi connectivity index (χ2n) is 4.27. The van der Waals surface area contributed by atoms with E-state index >= 15 is 0 Å². The Bertz CT molecular complexity index is 538.